The van der Waals surface area contributed by atoms with E-state index in [-0.39, 0.29) is 11.3 Å². The van der Waals surface area contributed by atoms with E-state index in [1.807, 2.05) is 55.4 Å². The number of fused-ring (bicyclic) bond motifs is 2. The second kappa shape index (κ2) is 8.38. The predicted octanol–water partition coefficient (Wildman–Crippen LogP) is 2.19. The van der Waals surface area contributed by atoms with E-state index in [2.05, 4.69) is 17.6 Å². The molecule has 0 bridgehead atoms. The number of nitrogens with one attached hydrogen (secondary N) is 2. The lowest BCUT2D eigenvalue weighted by Gasteiger charge is -2.23. The minimum Gasteiger partial charge on any atom is -0.383 e. The Morgan fingerprint density at radius 2 is 1.80 bits per heavy atom. The first-order valence-corrected chi connectivity index (χ1v) is 10.3. The van der Waals surface area contributed by atoms with E-state index in [0.717, 1.165) is 24.3 Å². The summed E-state index contributed by atoms with van der Waals surface area (Å²) in [5.74, 6) is -0.0677. The fourth-order valence-corrected chi connectivity index (χ4v) is 3.88. The van der Waals surface area contributed by atoms with E-state index in [1.165, 1.54) is 4.68 Å². The van der Waals surface area contributed by atoms with Gasteiger partial charge in [-0.3, -0.25) is 9.59 Å². The average Bonchev–Trinajstić information content (AvgIpc) is 2.75. The first-order chi connectivity index (χ1) is 14.5. The number of carbonyl (C=O) groups is 1. The molecule has 0 saturated carbocycles. The Morgan fingerprint density at radius 3 is 2.53 bits per heavy atom. The summed E-state index contributed by atoms with van der Waals surface area (Å²) in [5.41, 5.74) is 3.23. The quantitative estimate of drug-likeness (QED) is 0.438. The van der Waals surface area contributed by atoms with Crippen molar-refractivity contribution >= 4 is 22.2 Å². The molecule has 2 N–H and O–H groups in total. The maximum atomic E-state index is 13.4. The molecule has 3 aromatic rings. The molecule has 156 valence electrons. The van der Waals surface area contributed by atoms with Gasteiger partial charge < -0.3 is 15.5 Å². The maximum absolute atomic E-state index is 13.4. The third kappa shape index (κ3) is 3.51. The van der Waals surface area contributed by atoms with Crippen molar-refractivity contribution in [1.29, 1.82) is 0 Å². The van der Waals surface area contributed by atoms with Gasteiger partial charge in [-0.2, -0.15) is 5.10 Å². The summed E-state index contributed by atoms with van der Waals surface area (Å²) in [6, 6.07) is 11.2. The van der Waals surface area contributed by atoms with E-state index in [9.17, 15) is 9.59 Å². The van der Waals surface area contributed by atoms with Crippen LogP contribution in [0.1, 0.15) is 22.8 Å². The summed E-state index contributed by atoms with van der Waals surface area (Å²) in [6.45, 7) is 5.61. The fraction of sp³-hybridized carbons (Fsp3) is 0.348. The number of ketones is 1. The molecule has 7 nitrogen and oxygen atoms in total. The average molecular weight is 406 g/mol. The van der Waals surface area contributed by atoms with Gasteiger partial charge in [0, 0.05) is 41.8 Å². The fourth-order valence-electron chi connectivity index (χ4n) is 3.88. The van der Waals surface area contributed by atoms with Crippen LogP contribution in [0, 0.1) is 0 Å². The number of hydrogen-bond acceptors (Lipinski definition) is 6. The monoisotopic (exact) mass is 405 g/mol. The van der Waals surface area contributed by atoms with E-state index in [0.29, 0.717) is 47.2 Å². The SMILES string of the molecule is CCNCCNc1ccc2c(=O)n(CCN(C)C)nc3c2c1C(=O)c1ccccc1-3. The highest BCUT2D eigenvalue weighted by atomic mass is 16.1. The summed E-state index contributed by atoms with van der Waals surface area (Å²) in [7, 11) is 3.93. The van der Waals surface area contributed by atoms with E-state index < -0.39 is 0 Å². The van der Waals surface area contributed by atoms with Gasteiger partial charge in [-0.1, -0.05) is 31.2 Å². The van der Waals surface area contributed by atoms with Crippen molar-refractivity contribution in [2.75, 3.05) is 45.6 Å². The summed E-state index contributed by atoms with van der Waals surface area (Å²) in [5, 5.41) is 12.5. The zero-order chi connectivity index (χ0) is 21.3. The molecule has 2 aromatic carbocycles. The molecule has 0 saturated heterocycles. The van der Waals surface area contributed by atoms with Gasteiger partial charge in [-0.15, -0.1) is 0 Å². The van der Waals surface area contributed by atoms with Crippen molar-refractivity contribution < 1.29 is 4.79 Å². The Morgan fingerprint density at radius 1 is 1.03 bits per heavy atom. The zero-order valence-electron chi connectivity index (χ0n) is 17.7. The molecule has 0 radical (unpaired) electrons. The lowest BCUT2D eigenvalue weighted by atomic mass is 9.85. The molecule has 1 heterocycles. The van der Waals surface area contributed by atoms with Crippen molar-refractivity contribution in [2.45, 2.75) is 13.5 Å². The molecule has 1 aliphatic rings. The number of hydrogen-bond donors (Lipinski definition) is 2. The van der Waals surface area contributed by atoms with Crippen LogP contribution >= 0.6 is 0 Å². The third-order valence-corrected chi connectivity index (χ3v) is 5.41. The Bertz CT molecular complexity index is 1170. The predicted molar refractivity (Wildman–Crippen MR) is 120 cm³/mol. The van der Waals surface area contributed by atoms with Crippen molar-refractivity contribution in [3.8, 4) is 11.3 Å². The number of carbonyl (C=O) groups excluding carboxylic acids is 1. The third-order valence-electron chi connectivity index (χ3n) is 5.41. The second-order valence-corrected chi connectivity index (χ2v) is 7.75. The molecular formula is C23H27N5O2. The Kier molecular flexibility index (Phi) is 5.65. The Balaban J connectivity index is 1.92. The maximum Gasteiger partial charge on any atom is 0.274 e. The molecule has 0 aliphatic heterocycles. The number of aromatic nitrogens is 2. The molecule has 0 spiro atoms. The molecule has 30 heavy (non-hydrogen) atoms. The highest BCUT2D eigenvalue weighted by Crippen LogP contribution is 2.39. The lowest BCUT2D eigenvalue weighted by Crippen LogP contribution is -2.30. The first-order valence-electron chi connectivity index (χ1n) is 10.3. The lowest BCUT2D eigenvalue weighted by molar-refractivity contribution is 0.104. The Labute approximate surface area is 175 Å². The first kappa shape index (κ1) is 20.3. The van der Waals surface area contributed by atoms with Gasteiger partial charge in [0.1, 0.15) is 5.69 Å². The summed E-state index contributed by atoms with van der Waals surface area (Å²) >= 11 is 0. The van der Waals surface area contributed by atoms with Gasteiger partial charge in [0.2, 0.25) is 0 Å². The molecule has 4 rings (SSSR count). The highest BCUT2D eigenvalue weighted by Gasteiger charge is 2.30. The molecule has 1 aliphatic carbocycles. The zero-order valence-corrected chi connectivity index (χ0v) is 17.7. The van der Waals surface area contributed by atoms with E-state index >= 15 is 0 Å². The van der Waals surface area contributed by atoms with Gasteiger partial charge in [0.15, 0.2) is 5.78 Å². The molecule has 1 aromatic heterocycles. The van der Waals surface area contributed by atoms with Crippen molar-refractivity contribution in [2.24, 2.45) is 0 Å². The van der Waals surface area contributed by atoms with Crippen molar-refractivity contribution in [3.63, 3.8) is 0 Å². The minimum absolute atomic E-state index is 0.0677. The number of nitrogens with zero attached hydrogens (tertiary/aromatic N) is 3. The largest absolute Gasteiger partial charge is 0.383 e. The van der Waals surface area contributed by atoms with Crippen molar-refractivity contribution in [1.82, 2.24) is 20.0 Å². The minimum atomic E-state index is -0.164. The number of likely N-dealkylation sites (N-methyl/N-ethyl adjacent to an activating group) is 2. The normalized spacial score (nSPS) is 12.5. The molecule has 7 heteroatoms. The molecule has 0 atom stereocenters. The smallest absolute Gasteiger partial charge is 0.274 e. The van der Waals surface area contributed by atoms with Gasteiger partial charge in [0.25, 0.3) is 5.56 Å². The van der Waals surface area contributed by atoms with Crippen LogP contribution in [0.15, 0.2) is 41.2 Å². The Hall–Kier alpha value is -3.03. The van der Waals surface area contributed by atoms with Crippen LogP contribution in [0.4, 0.5) is 5.69 Å². The standard InChI is InChI=1S/C23H27N5O2/c1-4-24-11-12-25-18-10-9-17-19-20(18)22(29)16-8-6-5-7-15(16)21(19)26-28(23(17)30)14-13-27(2)3/h5-10,24-25H,4,11-14H2,1-3H3. The van der Waals surface area contributed by atoms with Crippen LogP contribution in [-0.2, 0) is 6.54 Å². The summed E-state index contributed by atoms with van der Waals surface area (Å²) in [6.07, 6.45) is 0. The van der Waals surface area contributed by atoms with E-state index in [4.69, 9.17) is 5.10 Å². The van der Waals surface area contributed by atoms with Crippen LogP contribution in [-0.4, -0.2) is 60.7 Å². The van der Waals surface area contributed by atoms with Crippen LogP contribution in [0.5, 0.6) is 0 Å². The van der Waals surface area contributed by atoms with Crippen LogP contribution < -0.4 is 16.2 Å². The molecule has 0 amide bonds. The number of rotatable bonds is 8. The number of benzene rings is 2. The van der Waals surface area contributed by atoms with Crippen LogP contribution in [0.25, 0.3) is 22.0 Å². The van der Waals surface area contributed by atoms with E-state index in [1.54, 1.807) is 0 Å². The second-order valence-electron chi connectivity index (χ2n) is 7.75. The van der Waals surface area contributed by atoms with Gasteiger partial charge >= 0.3 is 0 Å². The molecule has 0 unspecified atom stereocenters. The van der Waals surface area contributed by atoms with Crippen LogP contribution in [0.2, 0.25) is 0 Å². The van der Waals surface area contributed by atoms with Gasteiger partial charge in [-0.25, -0.2) is 4.68 Å². The summed E-state index contributed by atoms with van der Waals surface area (Å²) < 4.78 is 1.52. The van der Waals surface area contributed by atoms with Crippen molar-refractivity contribution in [3.05, 3.63) is 57.9 Å². The van der Waals surface area contributed by atoms with Crippen LogP contribution in [0.3, 0.4) is 0 Å². The molecule has 0 fully saturated rings. The molecular weight excluding hydrogens is 378 g/mol. The highest BCUT2D eigenvalue weighted by molar-refractivity contribution is 6.27. The van der Waals surface area contributed by atoms with Gasteiger partial charge in [0.05, 0.1) is 17.5 Å². The topological polar surface area (TPSA) is 79.3 Å². The summed E-state index contributed by atoms with van der Waals surface area (Å²) in [4.78, 5) is 28.6. The number of anilines is 1. The van der Waals surface area contributed by atoms with Gasteiger partial charge in [-0.05, 0) is 32.8 Å².